The number of nitrogens with zero attached hydrogens (tertiary/aromatic N) is 1. The zero-order valence-corrected chi connectivity index (χ0v) is 24.3. The molecule has 3 aromatic rings. The van der Waals surface area contributed by atoms with Crippen LogP contribution in [-0.4, -0.2) is 67.2 Å². The molecule has 11 heteroatoms. The zero-order valence-electron chi connectivity index (χ0n) is 24.3. The van der Waals surface area contributed by atoms with E-state index in [1.807, 2.05) is 48.5 Å². The molecule has 2 atom stereocenters. The highest BCUT2D eigenvalue weighted by molar-refractivity contribution is 5.92. The summed E-state index contributed by atoms with van der Waals surface area (Å²) in [6.07, 6.45) is -5.65. The summed E-state index contributed by atoms with van der Waals surface area (Å²) in [4.78, 5) is 50.9. The third kappa shape index (κ3) is 7.64. The van der Waals surface area contributed by atoms with Gasteiger partial charge in [0.2, 0.25) is 5.91 Å². The van der Waals surface area contributed by atoms with E-state index in [-0.39, 0.29) is 37.0 Å². The van der Waals surface area contributed by atoms with Crippen molar-refractivity contribution in [2.45, 2.75) is 38.4 Å². The molecule has 0 heterocycles. The van der Waals surface area contributed by atoms with Gasteiger partial charge in [0.25, 0.3) is 0 Å². The lowest BCUT2D eigenvalue weighted by Gasteiger charge is -2.30. The van der Waals surface area contributed by atoms with Crippen LogP contribution in [0.4, 0.5) is 13.2 Å². The van der Waals surface area contributed by atoms with Crippen LogP contribution >= 0.6 is 0 Å². The number of amides is 2. The lowest BCUT2D eigenvalue weighted by molar-refractivity contribution is -0.190. The molecule has 0 spiro atoms. The summed E-state index contributed by atoms with van der Waals surface area (Å²) in [5.74, 6) is -6.03. The van der Waals surface area contributed by atoms with Crippen LogP contribution in [-0.2, 0) is 35.1 Å². The highest BCUT2D eigenvalue weighted by Crippen LogP contribution is 2.44. The predicted octanol–water partition coefficient (Wildman–Crippen LogP) is 4.66. The van der Waals surface area contributed by atoms with Crippen molar-refractivity contribution in [1.82, 2.24) is 10.2 Å². The van der Waals surface area contributed by atoms with Crippen LogP contribution < -0.4 is 5.32 Å². The minimum atomic E-state index is -5.35. The molecule has 0 aliphatic heterocycles. The molecular weight excluding hydrogens is 577 g/mol. The van der Waals surface area contributed by atoms with E-state index in [2.05, 4.69) is 5.32 Å². The van der Waals surface area contributed by atoms with E-state index in [9.17, 15) is 32.3 Å². The Morgan fingerprint density at radius 1 is 0.841 bits per heavy atom. The fourth-order valence-electron chi connectivity index (χ4n) is 5.19. The van der Waals surface area contributed by atoms with Crippen molar-refractivity contribution in [3.63, 3.8) is 0 Å². The van der Waals surface area contributed by atoms with Gasteiger partial charge in [-0.15, -0.1) is 0 Å². The number of nitrogens with one attached hydrogen (secondary N) is 1. The van der Waals surface area contributed by atoms with Crippen LogP contribution in [0.1, 0.15) is 36.5 Å². The van der Waals surface area contributed by atoms with Gasteiger partial charge in [-0.3, -0.25) is 14.4 Å². The van der Waals surface area contributed by atoms with Crippen LogP contribution in [0.3, 0.4) is 0 Å². The van der Waals surface area contributed by atoms with Gasteiger partial charge in [-0.25, -0.2) is 4.79 Å². The molecule has 1 aliphatic rings. The van der Waals surface area contributed by atoms with Crippen LogP contribution in [0.15, 0.2) is 78.9 Å². The molecule has 0 unspecified atom stereocenters. The minimum absolute atomic E-state index is 0.0692. The van der Waals surface area contributed by atoms with Crippen molar-refractivity contribution >= 4 is 23.8 Å². The quantitative estimate of drug-likeness (QED) is 0.300. The molecule has 2 amide bonds. The molecule has 0 saturated heterocycles. The van der Waals surface area contributed by atoms with Crippen molar-refractivity contribution in [3.8, 4) is 11.1 Å². The Morgan fingerprint density at radius 2 is 1.41 bits per heavy atom. The maximum Gasteiger partial charge on any atom is 0.471 e. The number of esters is 2. The molecule has 0 bridgehead atoms. The Labute approximate surface area is 253 Å². The van der Waals surface area contributed by atoms with Crippen molar-refractivity contribution in [1.29, 1.82) is 0 Å². The van der Waals surface area contributed by atoms with E-state index in [0.29, 0.717) is 5.56 Å². The number of carbonyl (C=O) groups is 4. The number of alkyl halides is 3. The van der Waals surface area contributed by atoms with Gasteiger partial charge in [-0.2, -0.15) is 13.2 Å². The van der Waals surface area contributed by atoms with Crippen LogP contribution in [0.25, 0.3) is 11.1 Å². The SMILES string of the molecule is CCOC(=O)[C@H](Cc1ccccc1)N(CC(=O)NC[C@H](C)C(=O)OCC1c2ccccc2-c2ccccc21)C(=O)C(F)(F)F. The van der Waals surface area contributed by atoms with Crippen molar-refractivity contribution in [2.24, 2.45) is 5.92 Å². The molecular formula is C33H33F3N2O6. The van der Waals surface area contributed by atoms with Crippen LogP contribution in [0, 0.1) is 5.92 Å². The standard InChI is InChI=1S/C33H33F3N2O6/c1-3-43-31(41)28(17-22-11-5-4-6-12-22)38(32(42)33(34,35)36)19-29(39)37-18-21(2)30(40)44-20-27-25-15-9-7-13-23(25)24-14-8-10-16-26(24)27/h4-16,21,27-28H,3,17-20H2,1-2H3,(H,37,39)/t21-,28-/m0/s1. The molecule has 3 aromatic carbocycles. The fourth-order valence-corrected chi connectivity index (χ4v) is 5.19. The maximum absolute atomic E-state index is 13.6. The van der Waals surface area contributed by atoms with Gasteiger partial charge < -0.3 is 19.7 Å². The number of halogens is 3. The second-order valence-corrected chi connectivity index (χ2v) is 10.5. The molecule has 0 saturated carbocycles. The number of hydrogen-bond donors (Lipinski definition) is 1. The van der Waals surface area contributed by atoms with Crippen molar-refractivity contribution in [2.75, 3.05) is 26.3 Å². The Morgan fingerprint density at radius 3 is 1.98 bits per heavy atom. The van der Waals surface area contributed by atoms with E-state index in [0.717, 1.165) is 22.3 Å². The van der Waals surface area contributed by atoms with Gasteiger partial charge >= 0.3 is 24.0 Å². The number of benzene rings is 3. The number of fused-ring (bicyclic) bond motifs is 3. The van der Waals surface area contributed by atoms with Gasteiger partial charge in [0.1, 0.15) is 19.2 Å². The van der Waals surface area contributed by atoms with Crippen molar-refractivity contribution < 1.29 is 41.8 Å². The number of rotatable bonds is 12. The molecule has 4 rings (SSSR count). The van der Waals surface area contributed by atoms with E-state index in [1.165, 1.54) is 13.8 Å². The summed E-state index contributed by atoms with van der Waals surface area (Å²) < 4.78 is 51.3. The first-order chi connectivity index (χ1) is 21.0. The van der Waals surface area contributed by atoms with Gasteiger partial charge in [-0.05, 0) is 34.7 Å². The third-order valence-electron chi connectivity index (χ3n) is 7.39. The summed E-state index contributed by atoms with van der Waals surface area (Å²) in [6, 6.07) is 22.1. The molecule has 8 nitrogen and oxygen atoms in total. The van der Waals surface area contributed by atoms with Crippen LogP contribution in [0.5, 0.6) is 0 Å². The van der Waals surface area contributed by atoms with E-state index in [1.54, 1.807) is 30.3 Å². The van der Waals surface area contributed by atoms with E-state index in [4.69, 9.17) is 9.47 Å². The summed E-state index contributed by atoms with van der Waals surface area (Å²) in [6.45, 7) is 1.58. The smallest absolute Gasteiger partial charge is 0.464 e. The second kappa shape index (κ2) is 14.2. The van der Waals surface area contributed by atoms with Crippen LogP contribution in [0.2, 0.25) is 0 Å². The van der Waals surface area contributed by atoms with E-state index >= 15 is 0 Å². The summed E-state index contributed by atoms with van der Waals surface area (Å²) >= 11 is 0. The van der Waals surface area contributed by atoms with Crippen molar-refractivity contribution in [3.05, 3.63) is 95.6 Å². The normalized spacial score (nSPS) is 13.7. The van der Waals surface area contributed by atoms with Gasteiger partial charge in [-0.1, -0.05) is 85.8 Å². The lowest BCUT2D eigenvalue weighted by atomic mass is 9.98. The number of carbonyl (C=O) groups excluding carboxylic acids is 4. The Kier molecular flexibility index (Phi) is 10.4. The number of ether oxygens (including phenoxy) is 2. The second-order valence-electron chi connectivity index (χ2n) is 10.5. The largest absolute Gasteiger partial charge is 0.471 e. The molecule has 232 valence electrons. The molecule has 0 radical (unpaired) electrons. The monoisotopic (exact) mass is 610 g/mol. The maximum atomic E-state index is 13.6. The predicted molar refractivity (Wildman–Crippen MR) is 155 cm³/mol. The first kappa shape index (κ1) is 32.2. The molecule has 0 aromatic heterocycles. The third-order valence-corrected chi connectivity index (χ3v) is 7.39. The highest BCUT2D eigenvalue weighted by Gasteiger charge is 2.47. The Hall–Kier alpha value is -4.67. The van der Waals surface area contributed by atoms with Gasteiger partial charge in [0.15, 0.2) is 0 Å². The highest BCUT2D eigenvalue weighted by atomic mass is 19.4. The number of hydrogen-bond acceptors (Lipinski definition) is 6. The van der Waals surface area contributed by atoms with E-state index < -0.39 is 48.4 Å². The average molecular weight is 611 g/mol. The summed E-state index contributed by atoms with van der Waals surface area (Å²) in [5, 5.41) is 2.40. The Bertz CT molecular complexity index is 1450. The summed E-state index contributed by atoms with van der Waals surface area (Å²) in [7, 11) is 0. The average Bonchev–Trinajstić information content (AvgIpc) is 3.33. The topological polar surface area (TPSA) is 102 Å². The summed E-state index contributed by atoms with van der Waals surface area (Å²) in [5.41, 5.74) is 4.66. The molecule has 0 fully saturated rings. The molecule has 1 aliphatic carbocycles. The lowest BCUT2D eigenvalue weighted by Crippen LogP contribution is -2.55. The first-order valence-corrected chi connectivity index (χ1v) is 14.2. The first-order valence-electron chi connectivity index (χ1n) is 14.2. The molecule has 1 N–H and O–H groups in total. The fraction of sp³-hybridized carbons (Fsp3) is 0.333. The van der Waals surface area contributed by atoms with Gasteiger partial charge in [0, 0.05) is 18.9 Å². The minimum Gasteiger partial charge on any atom is -0.464 e. The van der Waals surface area contributed by atoms with Gasteiger partial charge in [0.05, 0.1) is 12.5 Å². The molecule has 44 heavy (non-hydrogen) atoms. The Balaban J connectivity index is 1.39. The zero-order chi connectivity index (χ0) is 31.9.